The van der Waals surface area contributed by atoms with Crippen molar-refractivity contribution < 1.29 is 21.6 Å². The van der Waals surface area contributed by atoms with Crippen molar-refractivity contribution in [3.05, 3.63) is 89.2 Å². The molecule has 0 radical (unpaired) electrons. The first-order chi connectivity index (χ1) is 13.8. The maximum absolute atomic E-state index is 14.3. The van der Waals surface area contributed by atoms with Gasteiger partial charge in [-0.1, -0.05) is 35.9 Å². The third-order valence-electron chi connectivity index (χ3n) is 4.30. The zero-order valence-electron chi connectivity index (χ0n) is 14.5. The van der Waals surface area contributed by atoms with Crippen LogP contribution in [0.1, 0.15) is 0 Å². The summed E-state index contributed by atoms with van der Waals surface area (Å²) in [6.07, 6.45) is 0. The molecular formula is C21H11ClF3NO2S. The number of sulfone groups is 1. The van der Waals surface area contributed by atoms with Gasteiger partial charge in [0.2, 0.25) is 9.84 Å². The van der Waals surface area contributed by atoms with Gasteiger partial charge in [0.05, 0.1) is 15.5 Å². The third-order valence-corrected chi connectivity index (χ3v) is 6.28. The second kappa shape index (κ2) is 7.17. The van der Waals surface area contributed by atoms with Crippen LogP contribution in [0.4, 0.5) is 13.2 Å². The number of benzene rings is 3. The van der Waals surface area contributed by atoms with Crippen molar-refractivity contribution in [2.45, 2.75) is 9.79 Å². The first-order valence-corrected chi connectivity index (χ1v) is 10.2. The molecule has 4 aromatic rings. The lowest BCUT2D eigenvalue weighted by atomic mass is 10.1. The number of hydrogen-bond acceptors (Lipinski definition) is 3. The van der Waals surface area contributed by atoms with Gasteiger partial charge in [-0.15, -0.1) is 0 Å². The van der Waals surface area contributed by atoms with Gasteiger partial charge >= 0.3 is 0 Å². The van der Waals surface area contributed by atoms with Gasteiger partial charge in [-0.3, -0.25) is 0 Å². The molecule has 0 aliphatic carbocycles. The number of hydrogen-bond donors (Lipinski definition) is 0. The van der Waals surface area contributed by atoms with E-state index in [9.17, 15) is 21.6 Å². The minimum absolute atomic E-state index is 0.0353. The van der Waals surface area contributed by atoms with Crippen molar-refractivity contribution in [2.24, 2.45) is 0 Å². The van der Waals surface area contributed by atoms with Gasteiger partial charge in [-0.25, -0.2) is 26.6 Å². The number of para-hydroxylation sites is 1. The second-order valence-electron chi connectivity index (χ2n) is 6.27. The maximum Gasteiger partial charge on any atom is 0.208 e. The quantitative estimate of drug-likeness (QED) is 0.410. The van der Waals surface area contributed by atoms with Crippen molar-refractivity contribution in [3.63, 3.8) is 0 Å². The van der Waals surface area contributed by atoms with E-state index in [-0.39, 0.29) is 21.5 Å². The molecule has 0 bridgehead atoms. The van der Waals surface area contributed by atoms with Gasteiger partial charge < -0.3 is 0 Å². The normalized spacial score (nSPS) is 11.7. The third kappa shape index (κ3) is 3.59. The van der Waals surface area contributed by atoms with Crippen LogP contribution in [-0.4, -0.2) is 13.4 Å². The summed E-state index contributed by atoms with van der Waals surface area (Å²) in [4.78, 5) is 3.33. The molecule has 0 N–H and O–H groups in total. The fourth-order valence-corrected chi connectivity index (χ4v) is 4.68. The van der Waals surface area contributed by atoms with Gasteiger partial charge in [-0.2, -0.15) is 0 Å². The van der Waals surface area contributed by atoms with E-state index < -0.39 is 32.2 Å². The molecule has 0 saturated carbocycles. The first kappa shape index (κ1) is 19.4. The molecule has 3 nitrogen and oxygen atoms in total. The Morgan fingerprint density at radius 1 is 0.828 bits per heavy atom. The predicted molar refractivity (Wildman–Crippen MR) is 104 cm³/mol. The summed E-state index contributed by atoms with van der Waals surface area (Å²) < 4.78 is 68.1. The van der Waals surface area contributed by atoms with Crippen LogP contribution in [0.15, 0.2) is 76.5 Å². The highest BCUT2D eigenvalue weighted by atomic mass is 35.5. The Morgan fingerprint density at radius 2 is 1.52 bits per heavy atom. The summed E-state index contributed by atoms with van der Waals surface area (Å²) in [5.41, 5.74) is 0.208. The summed E-state index contributed by atoms with van der Waals surface area (Å²) in [5.74, 6) is -2.70. The number of nitrogens with zero attached hydrogens (tertiary/aromatic N) is 1. The van der Waals surface area contributed by atoms with Crippen LogP contribution in [0, 0.1) is 17.5 Å². The van der Waals surface area contributed by atoms with Gasteiger partial charge in [-0.05, 0) is 36.4 Å². The van der Waals surface area contributed by atoms with Crippen molar-refractivity contribution in [1.82, 2.24) is 4.98 Å². The molecule has 0 fully saturated rings. The number of pyridine rings is 1. The number of fused-ring (bicyclic) bond motifs is 1. The molecule has 8 heteroatoms. The average molecular weight is 434 g/mol. The highest BCUT2D eigenvalue weighted by Crippen LogP contribution is 2.34. The van der Waals surface area contributed by atoms with Crippen LogP contribution >= 0.6 is 11.6 Å². The van der Waals surface area contributed by atoms with Crippen LogP contribution in [0.25, 0.3) is 22.2 Å². The first-order valence-electron chi connectivity index (χ1n) is 8.32. The fourth-order valence-electron chi connectivity index (χ4n) is 3.00. The van der Waals surface area contributed by atoms with Crippen LogP contribution in [0.3, 0.4) is 0 Å². The monoisotopic (exact) mass is 433 g/mol. The summed E-state index contributed by atoms with van der Waals surface area (Å²) in [7, 11) is -4.39. The smallest absolute Gasteiger partial charge is 0.208 e. The summed E-state index contributed by atoms with van der Waals surface area (Å²) in [6.45, 7) is 0. The second-order valence-corrected chi connectivity index (χ2v) is 8.62. The summed E-state index contributed by atoms with van der Waals surface area (Å²) >= 11 is 6.02. The SMILES string of the molecule is O=S(=O)(c1cc(F)cc(F)c1)c1cc2cccc(F)c2nc1-c1cccc(Cl)c1. The van der Waals surface area contributed by atoms with E-state index >= 15 is 0 Å². The molecule has 1 aromatic heterocycles. The van der Waals surface area contributed by atoms with E-state index in [0.717, 1.165) is 12.1 Å². The molecule has 4 rings (SSSR count). The van der Waals surface area contributed by atoms with Gasteiger partial charge in [0.1, 0.15) is 23.0 Å². The molecule has 146 valence electrons. The molecule has 0 aliphatic heterocycles. The maximum atomic E-state index is 14.3. The highest BCUT2D eigenvalue weighted by Gasteiger charge is 2.26. The Kier molecular flexibility index (Phi) is 4.80. The lowest BCUT2D eigenvalue weighted by Gasteiger charge is -2.13. The lowest BCUT2D eigenvalue weighted by Crippen LogP contribution is -2.07. The van der Waals surface area contributed by atoms with Gasteiger partial charge in [0.15, 0.2) is 0 Å². The Labute approximate surface area is 169 Å². The fraction of sp³-hybridized carbons (Fsp3) is 0. The van der Waals surface area contributed by atoms with E-state index in [2.05, 4.69) is 4.98 Å². The molecule has 0 atom stereocenters. The Morgan fingerprint density at radius 3 is 2.21 bits per heavy atom. The largest absolute Gasteiger partial charge is 0.243 e. The van der Waals surface area contributed by atoms with Crippen LogP contribution < -0.4 is 0 Å². The Bertz CT molecular complexity index is 1350. The Balaban J connectivity index is 2.08. The Hall–Kier alpha value is -2.90. The van der Waals surface area contributed by atoms with E-state index in [1.165, 1.54) is 30.3 Å². The van der Waals surface area contributed by atoms with E-state index in [1.807, 2.05) is 0 Å². The molecule has 0 aliphatic rings. The van der Waals surface area contributed by atoms with Crippen molar-refractivity contribution in [1.29, 1.82) is 0 Å². The van der Waals surface area contributed by atoms with Crippen LogP contribution in [-0.2, 0) is 9.84 Å². The molecule has 1 heterocycles. The zero-order chi connectivity index (χ0) is 20.8. The van der Waals surface area contributed by atoms with E-state index in [0.29, 0.717) is 16.7 Å². The molecule has 0 unspecified atom stereocenters. The minimum Gasteiger partial charge on any atom is -0.243 e. The molecular weight excluding hydrogens is 423 g/mol. The zero-order valence-corrected chi connectivity index (χ0v) is 16.1. The van der Waals surface area contributed by atoms with E-state index in [1.54, 1.807) is 18.2 Å². The molecule has 0 amide bonds. The van der Waals surface area contributed by atoms with Crippen LogP contribution in [0.2, 0.25) is 5.02 Å². The van der Waals surface area contributed by atoms with Crippen molar-refractivity contribution in [2.75, 3.05) is 0 Å². The van der Waals surface area contributed by atoms with Crippen LogP contribution in [0.5, 0.6) is 0 Å². The van der Waals surface area contributed by atoms with Crippen molar-refractivity contribution >= 4 is 32.3 Å². The number of halogens is 4. The minimum atomic E-state index is -4.39. The number of rotatable bonds is 3. The van der Waals surface area contributed by atoms with Crippen molar-refractivity contribution in [3.8, 4) is 11.3 Å². The summed E-state index contributed by atoms with van der Waals surface area (Å²) in [6, 6.07) is 13.6. The topological polar surface area (TPSA) is 47.0 Å². The van der Waals surface area contributed by atoms with Gasteiger partial charge in [0, 0.05) is 22.0 Å². The lowest BCUT2D eigenvalue weighted by molar-refractivity contribution is 0.567. The molecule has 3 aromatic carbocycles. The number of aromatic nitrogens is 1. The highest BCUT2D eigenvalue weighted by molar-refractivity contribution is 7.91. The van der Waals surface area contributed by atoms with E-state index in [4.69, 9.17) is 11.6 Å². The molecule has 0 spiro atoms. The standard InChI is InChI=1S/C21H11ClF3NO2S/c22-14-5-1-3-12(7-14)21-19(8-13-4-2-6-18(25)20(13)26-21)29(27,28)17-10-15(23)9-16(24)11-17/h1-11H. The average Bonchev–Trinajstić information content (AvgIpc) is 2.66. The summed E-state index contributed by atoms with van der Waals surface area (Å²) in [5, 5.41) is 0.546. The van der Waals surface area contributed by atoms with Gasteiger partial charge in [0.25, 0.3) is 0 Å². The predicted octanol–water partition coefficient (Wildman–Crippen LogP) is 5.81. The molecule has 29 heavy (non-hydrogen) atoms. The molecule has 0 saturated heterocycles.